The topological polar surface area (TPSA) is 93.3 Å². The molecule has 1 aromatic heterocycles. The van der Waals surface area contributed by atoms with Gasteiger partial charge in [0.25, 0.3) is 0 Å². The van der Waals surface area contributed by atoms with Crippen LogP contribution in [0.3, 0.4) is 0 Å². The van der Waals surface area contributed by atoms with Gasteiger partial charge in [0.05, 0.1) is 11.4 Å². The van der Waals surface area contributed by atoms with Crippen LogP contribution in [0.4, 0.5) is 0 Å². The van der Waals surface area contributed by atoms with Crippen molar-refractivity contribution in [2.45, 2.75) is 63.7 Å². The summed E-state index contributed by atoms with van der Waals surface area (Å²) in [4.78, 5) is 4.07. The number of aromatic nitrogens is 2. The molecule has 0 radical (unpaired) electrons. The molecule has 1 aliphatic carbocycles. The van der Waals surface area contributed by atoms with Gasteiger partial charge in [-0.15, -0.1) is 0 Å². The summed E-state index contributed by atoms with van der Waals surface area (Å²) in [7, 11) is -3.45. The predicted octanol–water partition coefficient (Wildman–Crippen LogP) is 1.88. The van der Waals surface area contributed by atoms with Gasteiger partial charge < -0.3 is 9.63 Å². The van der Waals surface area contributed by atoms with Gasteiger partial charge in [-0.2, -0.15) is 4.98 Å². The summed E-state index contributed by atoms with van der Waals surface area (Å²) in [6, 6.07) is 0. The Hall–Kier alpha value is -0.950. The molecule has 21 heavy (non-hydrogen) atoms. The van der Waals surface area contributed by atoms with Crippen molar-refractivity contribution >= 4 is 9.84 Å². The third-order valence-electron chi connectivity index (χ3n) is 4.02. The van der Waals surface area contributed by atoms with Gasteiger partial charge in [0.1, 0.15) is 5.75 Å². The molecule has 6 nitrogen and oxygen atoms in total. The third-order valence-corrected chi connectivity index (χ3v) is 5.69. The van der Waals surface area contributed by atoms with Gasteiger partial charge in [-0.1, -0.05) is 19.0 Å². The summed E-state index contributed by atoms with van der Waals surface area (Å²) in [5.74, 6) is 0.726. The molecule has 0 aromatic carbocycles. The third kappa shape index (κ3) is 4.78. The molecular weight excluding hydrogens is 292 g/mol. The summed E-state index contributed by atoms with van der Waals surface area (Å²) in [5, 5.41) is 14.1. The number of hydrogen-bond donors (Lipinski definition) is 1. The highest BCUT2D eigenvalue weighted by molar-refractivity contribution is 7.90. The fourth-order valence-corrected chi connectivity index (χ4v) is 4.49. The lowest BCUT2D eigenvalue weighted by atomic mass is 9.81. The SMILES string of the molecule is CCCc1nc(CS(=O)(=O)CC2(O)CCC(C)CC2)no1. The van der Waals surface area contributed by atoms with E-state index >= 15 is 0 Å². The Balaban J connectivity index is 1.97. The highest BCUT2D eigenvalue weighted by Gasteiger charge is 2.36. The lowest BCUT2D eigenvalue weighted by Crippen LogP contribution is -2.40. The van der Waals surface area contributed by atoms with Gasteiger partial charge in [-0.25, -0.2) is 8.42 Å². The Labute approximate surface area is 125 Å². The number of nitrogens with zero attached hydrogens (tertiary/aromatic N) is 2. The van der Waals surface area contributed by atoms with Crippen molar-refractivity contribution in [1.82, 2.24) is 10.1 Å². The number of aliphatic hydroxyl groups is 1. The van der Waals surface area contributed by atoms with E-state index in [1.165, 1.54) is 0 Å². The van der Waals surface area contributed by atoms with Gasteiger partial charge in [0, 0.05) is 6.42 Å². The molecule has 0 atom stereocenters. The largest absolute Gasteiger partial charge is 0.389 e. The van der Waals surface area contributed by atoms with Gasteiger partial charge in [0.2, 0.25) is 5.89 Å². The molecule has 0 saturated heterocycles. The minimum atomic E-state index is -3.45. The van der Waals surface area contributed by atoms with Crippen LogP contribution in [0.25, 0.3) is 0 Å². The summed E-state index contributed by atoms with van der Waals surface area (Å²) in [5.41, 5.74) is -1.10. The van der Waals surface area contributed by atoms with Crippen LogP contribution < -0.4 is 0 Å². The summed E-state index contributed by atoms with van der Waals surface area (Å²) >= 11 is 0. The van der Waals surface area contributed by atoms with Gasteiger partial charge in [0.15, 0.2) is 15.7 Å². The normalized spacial score (nSPS) is 26.9. The van der Waals surface area contributed by atoms with Crippen molar-refractivity contribution in [3.8, 4) is 0 Å². The molecule has 0 unspecified atom stereocenters. The second-order valence-corrected chi connectivity index (χ2v) is 8.36. The molecule has 0 amide bonds. The van der Waals surface area contributed by atoms with E-state index in [-0.39, 0.29) is 17.3 Å². The Bertz CT molecular complexity index is 559. The van der Waals surface area contributed by atoms with Crippen LogP contribution >= 0.6 is 0 Å². The lowest BCUT2D eigenvalue weighted by Gasteiger charge is -2.34. The van der Waals surface area contributed by atoms with Crippen molar-refractivity contribution in [1.29, 1.82) is 0 Å². The maximum atomic E-state index is 12.2. The van der Waals surface area contributed by atoms with Crippen molar-refractivity contribution < 1.29 is 18.0 Å². The molecule has 2 rings (SSSR count). The zero-order valence-electron chi connectivity index (χ0n) is 12.7. The number of aryl methyl sites for hydroxylation is 1. The van der Waals surface area contributed by atoms with Crippen LogP contribution in [-0.2, 0) is 22.0 Å². The average molecular weight is 316 g/mol. The second-order valence-electron chi connectivity index (χ2n) is 6.29. The van der Waals surface area contributed by atoms with Crippen LogP contribution in [0.2, 0.25) is 0 Å². The lowest BCUT2D eigenvalue weighted by molar-refractivity contribution is 0.0135. The molecule has 1 N–H and O–H groups in total. The monoisotopic (exact) mass is 316 g/mol. The first kappa shape index (κ1) is 16.4. The molecule has 0 bridgehead atoms. The van der Waals surface area contributed by atoms with E-state index in [9.17, 15) is 13.5 Å². The Kier molecular flexibility index (Phi) is 5.03. The highest BCUT2D eigenvalue weighted by atomic mass is 32.2. The minimum Gasteiger partial charge on any atom is -0.389 e. The molecule has 7 heteroatoms. The first-order valence-electron chi connectivity index (χ1n) is 7.56. The first-order chi connectivity index (χ1) is 9.82. The van der Waals surface area contributed by atoms with Crippen molar-refractivity contribution in [3.05, 3.63) is 11.7 Å². The van der Waals surface area contributed by atoms with E-state index in [1.54, 1.807) is 0 Å². The maximum absolute atomic E-state index is 12.2. The van der Waals surface area contributed by atoms with Crippen molar-refractivity contribution in [2.24, 2.45) is 5.92 Å². The average Bonchev–Trinajstić information content (AvgIpc) is 2.79. The van der Waals surface area contributed by atoms with Crippen LogP contribution in [0, 0.1) is 5.92 Å². The van der Waals surface area contributed by atoms with Gasteiger partial charge in [-0.05, 0) is 38.0 Å². The molecular formula is C14H24N2O4S. The molecule has 1 aliphatic rings. The number of hydrogen-bond acceptors (Lipinski definition) is 6. The maximum Gasteiger partial charge on any atom is 0.226 e. The molecule has 120 valence electrons. The summed E-state index contributed by atoms with van der Waals surface area (Å²) in [6.45, 7) is 4.11. The Morgan fingerprint density at radius 1 is 1.38 bits per heavy atom. The molecule has 1 fully saturated rings. The predicted molar refractivity (Wildman–Crippen MR) is 78.4 cm³/mol. The van der Waals surface area contributed by atoms with Crippen LogP contribution in [0.1, 0.15) is 57.7 Å². The Morgan fingerprint density at radius 2 is 2.05 bits per heavy atom. The molecule has 1 saturated carbocycles. The summed E-state index contributed by atoms with van der Waals surface area (Å²) in [6.07, 6.45) is 4.34. The van der Waals surface area contributed by atoms with E-state index in [0.717, 1.165) is 19.3 Å². The molecule has 1 aromatic rings. The fourth-order valence-electron chi connectivity index (χ4n) is 2.77. The minimum absolute atomic E-state index is 0.186. The van der Waals surface area contributed by atoms with E-state index in [0.29, 0.717) is 31.1 Å². The smallest absolute Gasteiger partial charge is 0.226 e. The molecule has 1 heterocycles. The number of rotatable bonds is 6. The van der Waals surface area contributed by atoms with Crippen LogP contribution in [0.5, 0.6) is 0 Å². The second kappa shape index (κ2) is 6.44. The Morgan fingerprint density at radius 3 is 2.67 bits per heavy atom. The zero-order valence-corrected chi connectivity index (χ0v) is 13.5. The number of sulfone groups is 1. The van der Waals surface area contributed by atoms with Crippen molar-refractivity contribution in [3.63, 3.8) is 0 Å². The van der Waals surface area contributed by atoms with E-state index in [1.807, 2.05) is 6.92 Å². The van der Waals surface area contributed by atoms with Crippen LogP contribution in [-0.4, -0.2) is 35.0 Å². The molecule has 0 aliphatic heterocycles. The van der Waals surface area contributed by atoms with E-state index in [4.69, 9.17) is 4.52 Å². The highest BCUT2D eigenvalue weighted by Crippen LogP contribution is 2.33. The van der Waals surface area contributed by atoms with Gasteiger partial charge >= 0.3 is 0 Å². The summed E-state index contributed by atoms with van der Waals surface area (Å²) < 4.78 is 29.5. The van der Waals surface area contributed by atoms with Crippen LogP contribution in [0.15, 0.2) is 4.52 Å². The quantitative estimate of drug-likeness (QED) is 0.861. The zero-order chi connectivity index (χ0) is 15.5. The van der Waals surface area contributed by atoms with E-state index in [2.05, 4.69) is 17.1 Å². The van der Waals surface area contributed by atoms with E-state index < -0.39 is 15.4 Å². The van der Waals surface area contributed by atoms with Crippen molar-refractivity contribution in [2.75, 3.05) is 5.75 Å². The molecule has 0 spiro atoms. The van der Waals surface area contributed by atoms with Gasteiger partial charge in [-0.3, -0.25) is 0 Å². The fraction of sp³-hybridized carbons (Fsp3) is 0.857. The standard InChI is InChI=1S/C14H24N2O4S/c1-3-4-13-15-12(16-20-13)9-21(18,19)10-14(17)7-5-11(2)6-8-14/h11,17H,3-10H2,1-2H3. The first-order valence-corrected chi connectivity index (χ1v) is 9.38.